The van der Waals surface area contributed by atoms with Crippen LogP contribution < -0.4 is 0 Å². The highest BCUT2D eigenvalue weighted by Crippen LogP contribution is 2.36. The quantitative estimate of drug-likeness (QED) is 0.715. The van der Waals surface area contributed by atoms with Crippen LogP contribution in [-0.4, -0.2) is 10.9 Å². The number of carbonyl (C=O) groups is 1. The lowest BCUT2D eigenvalue weighted by molar-refractivity contribution is 0.111. The highest BCUT2D eigenvalue weighted by Gasteiger charge is 2.25. The second-order valence-electron chi connectivity index (χ2n) is 4.30. The Morgan fingerprint density at radius 3 is 2.94 bits per heavy atom. The largest absolute Gasteiger partial charge is 0.345 e. The molecule has 16 heavy (non-hydrogen) atoms. The van der Waals surface area contributed by atoms with Crippen LogP contribution in [0.5, 0.6) is 0 Å². The van der Waals surface area contributed by atoms with Gasteiger partial charge >= 0.3 is 0 Å². The van der Waals surface area contributed by atoms with Crippen LogP contribution in [0.4, 0.5) is 0 Å². The van der Waals surface area contributed by atoms with Crippen molar-refractivity contribution in [3.05, 3.63) is 59.4 Å². The van der Waals surface area contributed by atoms with Crippen molar-refractivity contribution in [2.75, 3.05) is 0 Å². The van der Waals surface area contributed by atoms with Gasteiger partial charge in [0.25, 0.3) is 0 Å². The van der Waals surface area contributed by atoms with E-state index in [1.807, 2.05) is 22.9 Å². The zero-order valence-electron chi connectivity index (χ0n) is 8.97. The van der Waals surface area contributed by atoms with Crippen molar-refractivity contribution in [3.8, 4) is 0 Å². The second-order valence-corrected chi connectivity index (χ2v) is 4.30. The van der Waals surface area contributed by atoms with Gasteiger partial charge in [-0.1, -0.05) is 24.3 Å². The molecule has 1 heterocycles. The number of benzene rings is 1. The van der Waals surface area contributed by atoms with Crippen LogP contribution in [0.1, 0.15) is 27.5 Å². The molecule has 0 saturated carbocycles. The molecule has 2 heteroatoms. The van der Waals surface area contributed by atoms with Crippen LogP contribution in [0.2, 0.25) is 0 Å². The van der Waals surface area contributed by atoms with E-state index >= 15 is 0 Å². The maximum atomic E-state index is 10.8. The van der Waals surface area contributed by atoms with E-state index in [1.54, 1.807) is 0 Å². The number of aldehydes is 1. The Morgan fingerprint density at radius 2 is 2.12 bits per heavy atom. The molecule has 0 aliphatic heterocycles. The van der Waals surface area contributed by atoms with E-state index in [2.05, 4.69) is 24.3 Å². The van der Waals surface area contributed by atoms with Gasteiger partial charge in [0.15, 0.2) is 6.29 Å². The van der Waals surface area contributed by atoms with E-state index < -0.39 is 0 Å². The van der Waals surface area contributed by atoms with Crippen LogP contribution in [0.3, 0.4) is 0 Å². The summed E-state index contributed by atoms with van der Waals surface area (Å²) in [6.45, 7) is 0.915. The Kier molecular flexibility index (Phi) is 2.13. The van der Waals surface area contributed by atoms with Gasteiger partial charge in [-0.15, -0.1) is 0 Å². The first-order chi connectivity index (χ1) is 7.88. The van der Waals surface area contributed by atoms with Crippen molar-refractivity contribution in [1.82, 2.24) is 4.57 Å². The lowest BCUT2D eigenvalue weighted by atomic mass is 9.77. The molecule has 1 aliphatic rings. The van der Waals surface area contributed by atoms with Crippen LogP contribution in [0.25, 0.3) is 0 Å². The topological polar surface area (TPSA) is 22.0 Å². The van der Waals surface area contributed by atoms with Gasteiger partial charge in [0.1, 0.15) is 0 Å². The van der Waals surface area contributed by atoms with Gasteiger partial charge in [-0.25, -0.2) is 0 Å². The number of hydrogen-bond donors (Lipinski definition) is 0. The number of nitrogens with zero attached hydrogens (tertiary/aromatic N) is 1. The summed E-state index contributed by atoms with van der Waals surface area (Å²) in [4.78, 5) is 10.8. The van der Waals surface area contributed by atoms with Crippen molar-refractivity contribution < 1.29 is 4.79 Å². The Bertz CT molecular complexity index is 527. The predicted molar refractivity (Wildman–Crippen MR) is 62.7 cm³/mol. The first-order valence-electron chi connectivity index (χ1n) is 5.56. The molecule has 0 N–H and O–H groups in total. The van der Waals surface area contributed by atoms with E-state index in [-0.39, 0.29) is 0 Å². The summed E-state index contributed by atoms with van der Waals surface area (Å²) in [6.07, 6.45) is 4.03. The highest BCUT2D eigenvalue weighted by atomic mass is 16.1. The smallest absolute Gasteiger partial charge is 0.166 e. The summed E-state index contributed by atoms with van der Waals surface area (Å²) < 4.78 is 2.04. The van der Waals surface area contributed by atoms with Crippen molar-refractivity contribution in [1.29, 1.82) is 0 Å². The minimum Gasteiger partial charge on any atom is -0.345 e. The van der Waals surface area contributed by atoms with Crippen LogP contribution in [0, 0.1) is 0 Å². The lowest BCUT2D eigenvalue weighted by Gasteiger charge is -2.30. The normalized spacial score (nSPS) is 17.6. The van der Waals surface area contributed by atoms with E-state index in [9.17, 15) is 4.79 Å². The minimum atomic E-state index is 0.572. The van der Waals surface area contributed by atoms with E-state index in [4.69, 9.17) is 0 Å². The Labute approximate surface area is 94.5 Å². The van der Waals surface area contributed by atoms with E-state index in [0.717, 1.165) is 24.9 Å². The van der Waals surface area contributed by atoms with Gasteiger partial charge in [-0.2, -0.15) is 0 Å². The summed E-state index contributed by atoms with van der Waals surface area (Å²) in [7, 11) is 0. The van der Waals surface area contributed by atoms with Crippen molar-refractivity contribution in [2.45, 2.75) is 18.9 Å². The van der Waals surface area contributed by atoms with Crippen LogP contribution in [-0.2, 0) is 13.0 Å². The number of rotatable bonds is 3. The molecule has 1 atom stereocenters. The van der Waals surface area contributed by atoms with Gasteiger partial charge in [0.2, 0.25) is 0 Å². The molecule has 0 bridgehead atoms. The number of aromatic nitrogens is 1. The molecule has 0 saturated heterocycles. The summed E-state index contributed by atoms with van der Waals surface area (Å²) in [5.41, 5.74) is 3.66. The third kappa shape index (κ3) is 1.38. The Morgan fingerprint density at radius 1 is 1.25 bits per heavy atom. The number of carbonyl (C=O) groups excluding carboxylic acids is 1. The Balaban J connectivity index is 1.82. The molecule has 0 spiro atoms. The standard InChI is InChI=1S/C14H13NO/c16-10-13-5-3-7-15(13)9-12-8-11-4-1-2-6-14(11)12/h1-7,10,12H,8-9H2. The van der Waals surface area contributed by atoms with E-state index in [0.29, 0.717) is 5.92 Å². The van der Waals surface area contributed by atoms with Crippen molar-refractivity contribution in [3.63, 3.8) is 0 Å². The first kappa shape index (κ1) is 9.40. The molecular weight excluding hydrogens is 198 g/mol. The fourth-order valence-corrected chi connectivity index (χ4v) is 2.46. The van der Waals surface area contributed by atoms with Gasteiger partial charge in [0.05, 0.1) is 5.69 Å². The van der Waals surface area contributed by atoms with Crippen LogP contribution in [0.15, 0.2) is 42.6 Å². The highest BCUT2D eigenvalue weighted by molar-refractivity contribution is 5.72. The number of hydrogen-bond acceptors (Lipinski definition) is 1. The molecule has 2 aromatic rings. The predicted octanol–water partition coefficient (Wildman–Crippen LogP) is 2.64. The first-order valence-corrected chi connectivity index (χ1v) is 5.56. The number of fused-ring (bicyclic) bond motifs is 1. The maximum absolute atomic E-state index is 10.8. The summed E-state index contributed by atoms with van der Waals surface area (Å²) in [5.74, 6) is 0.572. The summed E-state index contributed by atoms with van der Waals surface area (Å²) in [5, 5.41) is 0. The molecule has 0 fully saturated rings. The molecule has 80 valence electrons. The van der Waals surface area contributed by atoms with Crippen molar-refractivity contribution in [2.24, 2.45) is 0 Å². The van der Waals surface area contributed by atoms with Crippen LogP contribution >= 0.6 is 0 Å². The van der Waals surface area contributed by atoms with Gasteiger partial charge in [-0.3, -0.25) is 4.79 Å². The van der Waals surface area contributed by atoms with E-state index in [1.165, 1.54) is 11.1 Å². The molecule has 1 unspecified atom stereocenters. The summed E-state index contributed by atoms with van der Waals surface area (Å²) >= 11 is 0. The molecule has 0 radical (unpaired) electrons. The van der Waals surface area contributed by atoms with Gasteiger partial charge < -0.3 is 4.57 Å². The second kappa shape index (κ2) is 3.63. The maximum Gasteiger partial charge on any atom is 0.166 e. The molecule has 2 nitrogen and oxygen atoms in total. The van der Waals surface area contributed by atoms with Gasteiger partial charge in [0, 0.05) is 18.7 Å². The molecular formula is C14H13NO. The average molecular weight is 211 g/mol. The monoisotopic (exact) mass is 211 g/mol. The SMILES string of the molecule is O=Cc1cccn1CC1Cc2ccccc21. The lowest BCUT2D eigenvalue weighted by Crippen LogP contribution is -2.22. The zero-order valence-corrected chi connectivity index (χ0v) is 8.97. The fourth-order valence-electron chi connectivity index (χ4n) is 2.46. The molecule has 1 aliphatic carbocycles. The average Bonchev–Trinajstić information content (AvgIpc) is 2.73. The third-order valence-corrected chi connectivity index (χ3v) is 3.36. The molecule has 0 amide bonds. The molecule has 3 rings (SSSR count). The summed E-state index contributed by atoms with van der Waals surface area (Å²) in [6, 6.07) is 12.3. The molecule has 1 aromatic heterocycles. The molecule has 1 aromatic carbocycles. The zero-order chi connectivity index (χ0) is 11.0. The fraction of sp³-hybridized carbons (Fsp3) is 0.214. The van der Waals surface area contributed by atoms with Crippen molar-refractivity contribution >= 4 is 6.29 Å². The van der Waals surface area contributed by atoms with Gasteiger partial charge in [-0.05, 0) is 29.7 Å². The Hall–Kier alpha value is -1.83. The minimum absolute atomic E-state index is 0.572. The third-order valence-electron chi connectivity index (χ3n) is 3.36.